The van der Waals surface area contributed by atoms with Gasteiger partial charge in [0.05, 0.1) is 23.2 Å². The molecule has 0 aliphatic rings. The number of hydrogen-bond donors (Lipinski definition) is 0. The van der Waals surface area contributed by atoms with Gasteiger partial charge in [0.1, 0.15) is 11.9 Å². The molecule has 0 radical (unpaired) electrons. The van der Waals surface area contributed by atoms with E-state index in [1.54, 1.807) is 0 Å². The van der Waals surface area contributed by atoms with Crippen molar-refractivity contribution in [1.29, 1.82) is 5.26 Å². The van der Waals surface area contributed by atoms with Crippen molar-refractivity contribution in [3.63, 3.8) is 0 Å². The zero-order chi connectivity index (χ0) is 14.8. The highest BCUT2D eigenvalue weighted by Gasteiger charge is 2.14. The molecule has 21 heavy (non-hydrogen) atoms. The van der Waals surface area contributed by atoms with E-state index in [1.807, 2.05) is 48.6 Å². The molecule has 5 nitrogen and oxygen atoms in total. The Morgan fingerprint density at radius 2 is 2.24 bits per heavy atom. The first-order chi connectivity index (χ1) is 10.3. The van der Waals surface area contributed by atoms with Crippen LogP contribution in [0.3, 0.4) is 0 Å². The number of para-hydroxylation sites is 2. The van der Waals surface area contributed by atoms with Crippen LogP contribution in [0.2, 0.25) is 0 Å². The molecule has 0 atom stereocenters. The monoisotopic (exact) mass is 278 g/mol. The van der Waals surface area contributed by atoms with Crippen LogP contribution >= 0.6 is 0 Å². The first-order valence-corrected chi connectivity index (χ1v) is 6.71. The number of pyridine rings is 1. The topological polar surface area (TPSA) is 62.7 Å². The van der Waals surface area contributed by atoms with Gasteiger partial charge in [-0.1, -0.05) is 12.1 Å². The lowest BCUT2D eigenvalue weighted by atomic mass is 10.1. The summed E-state index contributed by atoms with van der Waals surface area (Å²) in [6.45, 7) is 4.35. The highest BCUT2D eigenvalue weighted by atomic mass is 16.5. The average molecular weight is 278 g/mol. The number of fused-ring (bicyclic) bond motifs is 3. The van der Waals surface area contributed by atoms with E-state index in [4.69, 9.17) is 4.74 Å². The molecule has 5 heteroatoms. The van der Waals surface area contributed by atoms with Gasteiger partial charge >= 0.3 is 0 Å². The minimum absolute atomic E-state index is 0.562. The molecule has 0 amide bonds. The minimum atomic E-state index is 0.562. The Bertz CT molecular complexity index is 887. The van der Waals surface area contributed by atoms with Crippen LogP contribution in [-0.2, 0) is 4.74 Å². The number of imidazole rings is 1. The standard InChI is InChI=1S/C16H14N4O/c1-3-21-10-18-15-8-11(2)12(9-17)16-19-13-6-4-5-7-14(13)20(15)16/h4-8,10H,3H2,1-2H3/b18-10-. The maximum absolute atomic E-state index is 9.38. The Balaban J connectivity index is 2.39. The molecule has 0 aliphatic carbocycles. The predicted octanol–water partition coefficient (Wildman–Crippen LogP) is 3.36. The molecule has 0 bridgehead atoms. The van der Waals surface area contributed by atoms with Gasteiger partial charge in [0, 0.05) is 0 Å². The molecular weight excluding hydrogens is 264 g/mol. The van der Waals surface area contributed by atoms with Gasteiger partial charge in [-0.05, 0) is 37.6 Å². The Morgan fingerprint density at radius 3 is 3.00 bits per heavy atom. The van der Waals surface area contributed by atoms with Gasteiger partial charge in [0.2, 0.25) is 0 Å². The fourth-order valence-electron chi connectivity index (χ4n) is 2.33. The Labute approximate surface area is 122 Å². The fraction of sp³-hybridized carbons (Fsp3) is 0.188. The molecule has 3 rings (SSSR count). The van der Waals surface area contributed by atoms with Crippen molar-refractivity contribution in [3.8, 4) is 6.07 Å². The number of hydrogen-bond acceptors (Lipinski definition) is 4. The van der Waals surface area contributed by atoms with Crippen molar-refractivity contribution in [2.45, 2.75) is 13.8 Å². The van der Waals surface area contributed by atoms with E-state index >= 15 is 0 Å². The summed E-state index contributed by atoms with van der Waals surface area (Å²) in [6, 6.07) is 11.9. The van der Waals surface area contributed by atoms with Crippen LogP contribution < -0.4 is 0 Å². The van der Waals surface area contributed by atoms with Crippen molar-refractivity contribution >= 4 is 28.9 Å². The van der Waals surface area contributed by atoms with E-state index in [0.29, 0.717) is 23.6 Å². The van der Waals surface area contributed by atoms with Crippen LogP contribution in [0.5, 0.6) is 0 Å². The molecule has 0 saturated carbocycles. The average Bonchev–Trinajstić information content (AvgIpc) is 2.86. The lowest BCUT2D eigenvalue weighted by Gasteiger charge is -2.05. The maximum Gasteiger partial charge on any atom is 0.176 e. The Kier molecular flexibility index (Phi) is 3.28. The van der Waals surface area contributed by atoms with Crippen LogP contribution in [0.4, 0.5) is 5.82 Å². The SMILES string of the molecule is CCO/C=N\c1cc(C)c(C#N)c2nc3ccccc3n12. The minimum Gasteiger partial charge on any atom is -0.483 e. The van der Waals surface area contributed by atoms with Crippen LogP contribution in [0.25, 0.3) is 16.7 Å². The number of rotatable bonds is 3. The normalized spacial score (nSPS) is 11.3. The van der Waals surface area contributed by atoms with Crippen molar-refractivity contribution in [2.24, 2.45) is 4.99 Å². The number of ether oxygens (including phenoxy) is 1. The molecule has 0 fully saturated rings. The number of aromatic nitrogens is 2. The Hall–Kier alpha value is -2.87. The van der Waals surface area contributed by atoms with E-state index in [-0.39, 0.29) is 0 Å². The van der Waals surface area contributed by atoms with Gasteiger partial charge in [0.15, 0.2) is 12.0 Å². The summed E-state index contributed by atoms with van der Waals surface area (Å²) in [7, 11) is 0. The highest BCUT2D eigenvalue weighted by molar-refractivity contribution is 5.85. The molecule has 0 N–H and O–H groups in total. The Morgan fingerprint density at radius 1 is 1.43 bits per heavy atom. The largest absolute Gasteiger partial charge is 0.483 e. The van der Waals surface area contributed by atoms with E-state index in [9.17, 15) is 5.26 Å². The number of benzene rings is 1. The highest BCUT2D eigenvalue weighted by Crippen LogP contribution is 2.27. The second-order valence-corrected chi connectivity index (χ2v) is 4.62. The number of nitrogens with zero attached hydrogens (tertiary/aromatic N) is 4. The van der Waals surface area contributed by atoms with Gasteiger partial charge in [-0.3, -0.25) is 4.40 Å². The molecule has 1 aromatic carbocycles. The van der Waals surface area contributed by atoms with Crippen LogP contribution in [-0.4, -0.2) is 22.4 Å². The molecule has 2 aromatic heterocycles. The van der Waals surface area contributed by atoms with Crippen LogP contribution in [0, 0.1) is 18.3 Å². The van der Waals surface area contributed by atoms with E-state index in [2.05, 4.69) is 16.0 Å². The summed E-state index contributed by atoms with van der Waals surface area (Å²) in [4.78, 5) is 8.91. The van der Waals surface area contributed by atoms with Gasteiger partial charge in [-0.25, -0.2) is 9.98 Å². The summed E-state index contributed by atoms with van der Waals surface area (Å²) < 4.78 is 7.07. The van der Waals surface area contributed by atoms with Gasteiger partial charge in [0.25, 0.3) is 0 Å². The zero-order valence-electron chi connectivity index (χ0n) is 11.9. The third-order valence-corrected chi connectivity index (χ3v) is 3.29. The van der Waals surface area contributed by atoms with Crippen molar-refractivity contribution < 1.29 is 4.74 Å². The summed E-state index contributed by atoms with van der Waals surface area (Å²) in [5, 5.41) is 9.38. The van der Waals surface area contributed by atoms with E-state index in [1.165, 1.54) is 6.40 Å². The summed E-state index contributed by atoms with van der Waals surface area (Å²) >= 11 is 0. The van der Waals surface area contributed by atoms with Crippen molar-refractivity contribution in [3.05, 3.63) is 41.5 Å². The molecular formula is C16H14N4O. The molecule has 104 valence electrons. The van der Waals surface area contributed by atoms with Crippen LogP contribution in [0.15, 0.2) is 35.3 Å². The van der Waals surface area contributed by atoms with Gasteiger partial charge < -0.3 is 4.74 Å². The quantitative estimate of drug-likeness (QED) is 0.545. The third kappa shape index (κ3) is 2.11. The third-order valence-electron chi connectivity index (χ3n) is 3.29. The number of nitriles is 1. The zero-order valence-corrected chi connectivity index (χ0v) is 11.9. The number of aryl methyl sites for hydroxylation is 1. The van der Waals surface area contributed by atoms with E-state index < -0.39 is 0 Å². The lowest BCUT2D eigenvalue weighted by Crippen LogP contribution is -1.95. The van der Waals surface area contributed by atoms with Crippen molar-refractivity contribution in [1.82, 2.24) is 9.38 Å². The van der Waals surface area contributed by atoms with Crippen molar-refractivity contribution in [2.75, 3.05) is 6.61 Å². The van der Waals surface area contributed by atoms with Gasteiger partial charge in [-0.2, -0.15) is 5.26 Å². The first-order valence-electron chi connectivity index (χ1n) is 6.71. The van der Waals surface area contributed by atoms with E-state index in [0.717, 1.165) is 16.6 Å². The predicted molar refractivity (Wildman–Crippen MR) is 81.9 cm³/mol. The number of aliphatic imine (C=N–C) groups is 1. The molecule has 2 heterocycles. The first kappa shape index (κ1) is 13.1. The molecule has 0 spiro atoms. The fourth-order valence-corrected chi connectivity index (χ4v) is 2.33. The van der Waals surface area contributed by atoms with Gasteiger partial charge in [-0.15, -0.1) is 0 Å². The smallest absolute Gasteiger partial charge is 0.176 e. The second-order valence-electron chi connectivity index (χ2n) is 4.62. The molecule has 0 unspecified atom stereocenters. The summed E-state index contributed by atoms with van der Waals surface area (Å²) in [5.41, 5.74) is 3.81. The maximum atomic E-state index is 9.38. The molecule has 3 aromatic rings. The van der Waals surface area contributed by atoms with Crippen LogP contribution in [0.1, 0.15) is 18.1 Å². The molecule has 0 aliphatic heterocycles. The second kappa shape index (κ2) is 5.25. The summed E-state index contributed by atoms with van der Waals surface area (Å²) in [6.07, 6.45) is 1.43. The molecule has 0 saturated heterocycles. The summed E-state index contributed by atoms with van der Waals surface area (Å²) in [5.74, 6) is 0.698. The lowest BCUT2D eigenvalue weighted by molar-refractivity contribution is 0.344.